The molecule has 3 rings (SSSR count). The second-order valence-electron chi connectivity index (χ2n) is 4.92. The van der Waals surface area contributed by atoms with Crippen molar-refractivity contribution in [2.24, 2.45) is 0 Å². The first kappa shape index (κ1) is 13.8. The molecule has 1 atom stereocenters. The molecule has 0 fully saturated rings. The number of carboxylic acids is 1. The van der Waals surface area contributed by atoms with Crippen molar-refractivity contribution in [3.05, 3.63) is 58.0 Å². The first-order valence-electron chi connectivity index (χ1n) is 6.39. The molecule has 0 amide bonds. The molecule has 0 saturated carbocycles. The summed E-state index contributed by atoms with van der Waals surface area (Å²) in [5.41, 5.74) is 0.946. The normalized spacial score (nSPS) is 20.6. The van der Waals surface area contributed by atoms with Gasteiger partial charge in [0, 0.05) is 17.8 Å². The summed E-state index contributed by atoms with van der Waals surface area (Å²) in [5, 5.41) is 9.40. The van der Waals surface area contributed by atoms with Crippen LogP contribution in [0, 0.1) is 5.82 Å². The molecule has 6 heteroatoms. The number of ketones is 1. The van der Waals surface area contributed by atoms with Crippen LogP contribution in [0.1, 0.15) is 16.8 Å². The van der Waals surface area contributed by atoms with Crippen molar-refractivity contribution in [2.45, 2.75) is 12.5 Å². The molecule has 2 aliphatic heterocycles. The molecule has 2 aliphatic rings. The minimum atomic E-state index is -1.01. The van der Waals surface area contributed by atoms with E-state index in [0.717, 1.165) is 6.07 Å². The van der Waals surface area contributed by atoms with E-state index >= 15 is 0 Å². The SMILES string of the molecule is O=C(O)C1=C2C=C(Cl)C(C(=O)c3cccc(F)c3)N2CC1. The third-order valence-corrected chi connectivity index (χ3v) is 4.00. The summed E-state index contributed by atoms with van der Waals surface area (Å²) in [5.74, 6) is -1.84. The second-order valence-corrected chi connectivity index (χ2v) is 5.36. The van der Waals surface area contributed by atoms with Crippen molar-refractivity contribution in [3.8, 4) is 0 Å². The van der Waals surface area contributed by atoms with Crippen LogP contribution in [0.15, 0.2) is 46.6 Å². The molecule has 0 aliphatic carbocycles. The fourth-order valence-corrected chi connectivity index (χ4v) is 3.05. The van der Waals surface area contributed by atoms with Crippen LogP contribution in [-0.4, -0.2) is 34.3 Å². The van der Waals surface area contributed by atoms with Gasteiger partial charge in [-0.25, -0.2) is 9.18 Å². The number of nitrogens with zero attached hydrogens (tertiary/aromatic N) is 1. The van der Waals surface area contributed by atoms with Gasteiger partial charge < -0.3 is 10.0 Å². The molecule has 21 heavy (non-hydrogen) atoms. The Morgan fingerprint density at radius 1 is 1.38 bits per heavy atom. The Bertz CT molecular complexity index is 711. The van der Waals surface area contributed by atoms with Gasteiger partial charge in [0.05, 0.1) is 10.6 Å². The van der Waals surface area contributed by atoms with Crippen molar-refractivity contribution in [1.82, 2.24) is 4.90 Å². The predicted octanol–water partition coefficient (Wildman–Crippen LogP) is 2.56. The highest BCUT2D eigenvalue weighted by atomic mass is 35.5. The zero-order valence-electron chi connectivity index (χ0n) is 10.8. The van der Waals surface area contributed by atoms with E-state index in [2.05, 4.69) is 0 Å². The topological polar surface area (TPSA) is 57.6 Å². The van der Waals surface area contributed by atoms with E-state index < -0.39 is 17.8 Å². The quantitative estimate of drug-likeness (QED) is 0.872. The number of carbonyl (C=O) groups excluding carboxylic acids is 1. The van der Waals surface area contributed by atoms with Gasteiger partial charge in [-0.05, 0) is 24.6 Å². The van der Waals surface area contributed by atoms with E-state index in [4.69, 9.17) is 16.7 Å². The Labute approximate surface area is 125 Å². The Hall–Kier alpha value is -2.14. The molecular weight excluding hydrogens is 297 g/mol. The fourth-order valence-electron chi connectivity index (χ4n) is 2.73. The van der Waals surface area contributed by atoms with Gasteiger partial charge in [0.25, 0.3) is 0 Å². The minimum absolute atomic E-state index is 0.219. The molecule has 0 aromatic heterocycles. The third-order valence-electron chi connectivity index (χ3n) is 3.68. The van der Waals surface area contributed by atoms with E-state index in [-0.39, 0.29) is 22.0 Å². The monoisotopic (exact) mass is 307 g/mol. The molecule has 1 unspecified atom stereocenters. The highest BCUT2D eigenvalue weighted by Gasteiger charge is 2.40. The Kier molecular flexibility index (Phi) is 3.29. The zero-order chi connectivity index (χ0) is 15.1. The maximum absolute atomic E-state index is 13.2. The number of carbonyl (C=O) groups is 2. The second kappa shape index (κ2) is 5.00. The van der Waals surface area contributed by atoms with Gasteiger partial charge in [0.15, 0.2) is 5.78 Å². The minimum Gasteiger partial charge on any atom is -0.478 e. The fraction of sp³-hybridized carbons (Fsp3) is 0.200. The highest BCUT2D eigenvalue weighted by molar-refractivity contribution is 6.33. The molecule has 0 bridgehead atoms. The molecule has 1 aromatic carbocycles. The van der Waals surface area contributed by atoms with Crippen molar-refractivity contribution in [2.75, 3.05) is 6.54 Å². The molecular formula is C15H11ClFNO3. The van der Waals surface area contributed by atoms with Crippen LogP contribution in [0.25, 0.3) is 0 Å². The van der Waals surface area contributed by atoms with E-state index in [9.17, 15) is 14.0 Å². The summed E-state index contributed by atoms with van der Waals surface area (Å²) in [6.07, 6.45) is 1.87. The smallest absolute Gasteiger partial charge is 0.333 e. The average molecular weight is 308 g/mol. The van der Waals surface area contributed by atoms with Crippen LogP contribution in [0.5, 0.6) is 0 Å². The van der Waals surface area contributed by atoms with Gasteiger partial charge >= 0.3 is 5.97 Å². The first-order valence-corrected chi connectivity index (χ1v) is 6.77. The van der Waals surface area contributed by atoms with Crippen LogP contribution in [0.2, 0.25) is 0 Å². The van der Waals surface area contributed by atoms with E-state index in [1.165, 1.54) is 24.3 Å². The molecule has 108 valence electrons. The lowest BCUT2D eigenvalue weighted by molar-refractivity contribution is -0.132. The molecule has 1 N–H and O–H groups in total. The van der Waals surface area contributed by atoms with Crippen molar-refractivity contribution in [1.29, 1.82) is 0 Å². The largest absolute Gasteiger partial charge is 0.478 e. The summed E-state index contributed by atoms with van der Waals surface area (Å²) in [4.78, 5) is 25.3. The molecule has 2 heterocycles. The van der Waals surface area contributed by atoms with Crippen LogP contribution in [-0.2, 0) is 4.79 Å². The first-order chi connectivity index (χ1) is 9.99. The maximum atomic E-state index is 13.2. The van der Waals surface area contributed by atoms with Gasteiger partial charge in [0.2, 0.25) is 0 Å². The van der Waals surface area contributed by atoms with E-state index in [0.29, 0.717) is 18.7 Å². The number of fused-ring (bicyclic) bond motifs is 1. The molecule has 1 aromatic rings. The summed E-state index contributed by atoms with van der Waals surface area (Å²) < 4.78 is 13.2. The summed E-state index contributed by atoms with van der Waals surface area (Å²) in [6.45, 7) is 0.412. The Morgan fingerprint density at radius 2 is 2.14 bits per heavy atom. The molecule has 0 saturated heterocycles. The predicted molar refractivity (Wildman–Crippen MR) is 74.4 cm³/mol. The van der Waals surface area contributed by atoms with Crippen molar-refractivity contribution < 1.29 is 19.1 Å². The number of hydrogen-bond donors (Lipinski definition) is 1. The van der Waals surface area contributed by atoms with Crippen LogP contribution >= 0.6 is 11.6 Å². The van der Waals surface area contributed by atoms with E-state index in [1.807, 2.05) is 0 Å². The van der Waals surface area contributed by atoms with Crippen LogP contribution in [0.4, 0.5) is 4.39 Å². The van der Waals surface area contributed by atoms with E-state index in [1.54, 1.807) is 4.90 Å². The highest BCUT2D eigenvalue weighted by Crippen LogP contribution is 2.38. The maximum Gasteiger partial charge on any atom is 0.333 e. The van der Waals surface area contributed by atoms with Crippen LogP contribution in [0.3, 0.4) is 0 Å². The number of benzene rings is 1. The van der Waals surface area contributed by atoms with Crippen molar-refractivity contribution in [3.63, 3.8) is 0 Å². The summed E-state index contributed by atoms with van der Waals surface area (Å²) in [6, 6.07) is 4.62. The molecule has 4 nitrogen and oxygen atoms in total. The van der Waals surface area contributed by atoms with Gasteiger partial charge in [-0.3, -0.25) is 4.79 Å². The third kappa shape index (κ3) is 2.23. The van der Waals surface area contributed by atoms with Gasteiger partial charge in [0.1, 0.15) is 11.9 Å². The number of carboxylic acid groups (broad SMARTS) is 1. The van der Waals surface area contributed by atoms with Crippen LogP contribution < -0.4 is 0 Å². The molecule has 0 radical (unpaired) electrons. The number of Topliss-reactive ketones (excluding diaryl/α,β-unsaturated/α-hetero) is 1. The summed E-state index contributed by atoms with van der Waals surface area (Å²) >= 11 is 6.11. The number of halogens is 2. The lowest BCUT2D eigenvalue weighted by Gasteiger charge is -2.23. The van der Waals surface area contributed by atoms with Crippen molar-refractivity contribution >= 4 is 23.4 Å². The Balaban J connectivity index is 1.97. The summed E-state index contributed by atoms with van der Waals surface area (Å²) in [7, 11) is 0. The van der Waals surface area contributed by atoms with Gasteiger partial charge in [-0.15, -0.1) is 0 Å². The lowest BCUT2D eigenvalue weighted by Crippen LogP contribution is -2.35. The van der Waals surface area contributed by atoms with Gasteiger partial charge in [-0.2, -0.15) is 0 Å². The Morgan fingerprint density at radius 3 is 2.81 bits per heavy atom. The van der Waals surface area contributed by atoms with Gasteiger partial charge in [-0.1, -0.05) is 23.7 Å². The molecule has 0 spiro atoms. The average Bonchev–Trinajstić information content (AvgIpc) is 2.95. The lowest BCUT2D eigenvalue weighted by atomic mass is 10.0. The zero-order valence-corrected chi connectivity index (χ0v) is 11.6. The number of aliphatic carboxylic acids is 1. The number of hydrogen-bond acceptors (Lipinski definition) is 3. The number of rotatable bonds is 3. The standard InChI is InChI=1S/C15H11ClFNO3/c16-11-7-12-10(15(20)21)4-5-18(12)13(11)14(19)8-2-1-3-9(17)6-8/h1-3,6-7,13H,4-5H2,(H,20,21). The number of allylic oxidation sites excluding steroid dienone is 1.